The quantitative estimate of drug-likeness (QED) is 0.622. The fraction of sp³-hybridized carbons (Fsp3) is 0.350. The Kier molecular flexibility index (Phi) is 5.31. The lowest BCUT2D eigenvalue weighted by atomic mass is 10.1. The number of benzene rings is 1. The molecule has 0 saturated carbocycles. The number of nitrogens with zero attached hydrogens (tertiary/aromatic N) is 3. The molecule has 3 heterocycles. The van der Waals surface area contributed by atoms with Crippen LogP contribution >= 0.6 is 0 Å². The van der Waals surface area contributed by atoms with Gasteiger partial charge in [-0.2, -0.15) is 0 Å². The molecular weight excluding hydrogens is 422 g/mol. The molecule has 0 aliphatic carbocycles. The van der Waals surface area contributed by atoms with Crippen LogP contribution in [0.1, 0.15) is 33.4 Å². The highest BCUT2D eigenvalue weighted by Gasteiger charge is 2.32. The first kappa shape index (κ1) is 21.1. The summed E-state index contributed by atoms with van der Waals surface area (Å²) in [6.07, 6.45) is 1.03. The van der Waals surface area contributed by atoms with Crippen LogP contribution in [0.4, 0.5) is 5.69 Å². The van der Waals surface area contributed by atoms with Gasteiger partial charge in [0.05, 0.1) is 42.5 Å². The number of morpholine rings is 1. The first-order valence-corrected chi connectivity index (χ1v) is 11.6. The van der Waals surface area contributed by atoms with Crippen LogP contribution in [-0.2, 0) is 14.8 Å². The first-order chi connectivity index (χ1) is 14.7. The second-order valence-corrected chi connectivity index (χ2v) is 9.29. The SMILES string of the molecule is Cc1nc2cc(C3COCCN3C(=O)c3ccccc3NS(C)(=O)=O)[nH]n2c(=O)c1C. The van der Waals surface area contributed by atoms with Crippen LogP contribution in [0, 0.1) is 13.8 Å². The minimum atomic E-state index is -3.56. The summed E-state index contributed by atoms with van der Waals surface area (Å²) in [6.45, 7) is 4.37. The number of hydrogen-bond acceptors (Lipinski definition) is 6. The molecule has 1 aliphatic rings. The van der Waals surface area contributed by atoms with E-state index in [1.807, 2.05) is 0 Å². The summed E-state index contributed by atoms with van der Waals surface area (Å²) in [5.41, 5.74) is 2.49. The minimum Gasteiger partial charge on any atom is -0.377 e. The van der Waals surface area contributed by atoms with Gasteiger partial charge in [0.2, 0.25) is 10.0 Å². The summed E-state index contributed by atoms with van der Waals surface area (Å²) in [5, 5.41) is 3.05. The number of carbonyl (C=O) groups excluding carboxylic acids is 1. The number of aromatic amines is 1. The number of nitrogens with one attached hydrogen (secondary N) is 2. The fourth-order valence-electron chi connectivity index (χ4n) is 3.63. The second kappa shape index (κ2) is 7.82. The van der Waals surface area contributed by atoms with Crippen molar-refractivity contribution in [3.63, 3.8) is 0 Å². The van der Waals surface area contributed by atoms with Crippen LogP contribution < -0.4 is 10.3 Å². The molecule has 2 aromatic heterocycles. The van der Waals surface area contributed by atoms with Gasteiger partial charge in [0.1, 0.15) is 0 Å². The molecule has 1 aromatic carbocycles. The molecule has 11 heteroatoms. The first-order valence-electron chi connectivity index (χ1n) is 9.70. The number of anilines is 1. The van der Waals surface area contributed by atoms with E-state index in [1.165, 1.54) is 4.52 Å². The Morgan fingerprint density at radius 1 is 1.29 bits per heavy atom. The molecule has 1 saturated heterocycles. The number of fused-ring (bicyclic) bond motifs is 1. The lowest BCUT2D eigenvalue weighted by Crippen LogP contribution is -2.43. The van der Waals surface area contributed by atoms with Crippen molar-refractivity contribution >= 4 is 27.3 Å². The van der Waals surface area contributed by atoms with Gasteiger partial charge < -0.3 is 9.64 Å². The molecule has 0 radical (unpaired) electrons. The third-order valence-electron chi connectivity index (χ3n) is 5.30. The van der Waals surface area contributed by atoms with E-state index in [-0.39, 0.29) is 29.3 Å². The topological polar surface area (TPSA) is 126 Å². The van der Waals surface area contributed by atoms with Crippen molar-refractivity contribution in [3.8, 4) is 0 Å². The highest BCUT2D eigenvalue weighted by atomic mass is 32.2. The monoisotopic (exact) mass is 445 g/mol. The summed E-state index contributed by atoms with van der Waals surface area (Å²) in [4.78, 5) is 32.0. The van der Waals surface area contributed by atoms with Gasteiger partial charge in [0, 0.05) is 23.9 Å². The average Bonchev–Trinajstić information content (AvgIpc) is 3.15. The number of carbonyl (C=O) groups is 1. The highest BCUT2D eigenvalue weighted by Crippen LogP contribution is 2.28. The van der Waals surface area contributed by atoms with Gasteiger partial charge >= 0.3 is 0 Å². The molecule has 1 atom stereocenters. The van der Waals surface area contributed by atoms with E-state index in [1.54, 1.807) is 49.1 Å². The van der Waals surface area contributed by atoms with Crippen LogP contribution in [0.25, 0.3) is 5.65 Å². The van der Waals surface area contributed by atoms with E-state index in [2.05, 4.69) is 14.8 Å². The Labute approximate surface area is 178 Å². The fourth-order valence-corrected chi connectivity index (χ4v) is 4.20. The van der Waals surface area contributed by atoms with Gasteiger partial charge in [0.15, 0.2) is 5.65 Å². The summed E-state index contributed by atoms with van der Waals surface area (Å²) < 4.78 is 32.8. The smallest absolute Gasteiger partial charge is 0.275 e. The molecule has 1 amide bonds. The van der Waals surface area contributed by atoms with Crippen molar-refractivity contribution in [2.45, 2.75) is 19.9 Å². The molecular formula is C20H23N5O5S. The predicted molar refractivity (Wildman–Crippen MR) is 115 cm³/mol. The van der Waals surface area contributed by atoms with Crippen molar-refractivity contribution < 1.29 is 17.9 Å². The molecule has 3 aromatic rings. The van der Waals surface area contributed by atoms with Crippen LogP contribution in [0.2, 0.25) is 0 Å². The predicted octanol–water partition coefficient (Wildman–Crippen LogP) is 1.22. The molecule has 1 unspecified atom stereocenters. The number of rotatable bonds is 4. The Hall–Kier alpha value is -3.18. The average molecular weight is 446 g/mol. The molecule has 1 aliphatic heterocycles. The Morgan fingerprint density at radius 3 is 2.77 bits per heavy atom. The molecule has 2 N–H and O–H groups in total. The lowest BCUT2D eigenvalue weighted by Gasteiger charge is -2.35. The summed E-state index contributed by atoms with van der Waals surface area (Å²) in [7, 11) is -3.56. The maximum atomic E-state index is 13.4. The standard InChI is InChI=1S/C20H23N5O5S/c1-12-13(2)21-18-10-16(22-25(18)19(12)26)17-11-30-9-8-24(17)20(27)14-6-4-5-7-15(14)23-31(3,28)29/h4-7,10,17,22-23H,8-9,11H2,1-3H3. The van der Waals surface area contributed by atoms with Gasteiger partial charge in [-0.05, 0) is 26.0 Å². The van der Waals surface area contributed by atoms with E-state index in [0.29, 0.717) is 35.8 Å². The van der Waals surface area contributed by atoms with Crippen LogP contribution in [0.3, 0.4) is 0 Å². The zero-order chi connectivity index (χ0) is 22.3. The minimum absolute atomic E-state index is 0.203. The Morgan fingerprint density at radius 2 is 2.03 bits per heavy atom. The van der Waals surface area contributed by atoms with Gasteiger partial charge in [-0.25, -0.2) is 17.9 Å². The van der Waals surface area contributed by atoms with E-state index in [4.69, 9.17) is 4.74 Å². The van der Waals surface area contributed by atoms with Crippen LogP contribution in [-0.4, -0.2) is 59.8 Å². The molecule has 31 heavy (non-hydrogen) atoms. The number of hydrogen-bond donors (Lipinski definition) is 2. The van der Waals surface area contributed by atoms with E-state index in [0.717, 1.165) is 6.26 Å². The number of ether oxygens (including phenoxy) is 1. The third kappa shape index (κ3) is 4.06. The van der Waals surface area contributed by atoms with Gasteiger partial charge in [-0.3, -0.25) is 19.4 Å². The zero-order valence-electron chi connectivity index (χ0n) is 17.4. The molecule has 1 fully saturated rings. The third-order valence-corrected chi connectivity index (χ3v) is 5.90. The molecule has 0 bridgehead atoms. The second-order valence-electron chi connectivity index (χ2n) is 7.54. The van der Waals surface area contributed by atoms with E-state index >= 15 is 0 Å². The number of sulfonamides is 1. The largest absolute Gasteiger partial charge is 0.377 e. The van der Waals surface area contributed by atoms with Crippen molar-refractivity contribution in [1.82, 2.24) is 19.5 Å². The van der Waals surface area contributed by atoms with E-state index in [9.17, 15) is 18.0 Å². The lowest BCUT2D eigenvalue weighted by molar-refractivity contribution is -0.00391. The number of aryl methyl sites for hydroxylation is 1. The van der Waals surface area contributed by atoms with Crippen molar-refractivity contribution in [1.29, 1.82) is 0 Å². The number of para-hydroxylation sites is 1. The van der Waals surface area contributed by atoms with Crippen LogP contribution in [0.15, 0.2) is 35.1 Å². The molecule has 4 rings (SSSR count). The maximum Gasteiger partial charge on any atom is 0.275 e. The Bertz CT molecular complexity index is 1330. The number of aromatic nitrogens is 3. The molecule has 0 spiro atoms. The van der Waals surface area contributed by atoms with Gasteiger partial charge in [-0.1, -0.05) is 12.1 Å². The summed E-state index contributed by atoms with van der Waals surface area (Å²) in [6, 6.07) is 7.69. The Balaban J connectivity index is 1.74. The van der Waals surface area contributed by atoms with Crippen molar-refractivity contribution in [3.05, 3.63) is 63.2 Å². The zero-order valence-corrected chi connectivity index (χ0v) is 18.2. The maximum absolute atomic E-state index is 13.4. The van der Waals surface area contributed by atoms with Crippen LogP contribution in [0.5, 0.6) is 0 Å². The summed E-state index contributed by atoms with van der Waals surface area (Å²) >= 11 is 0. The van der Waals surface area contributed by atoms with Gasteiger partial charge in [-0.15, -0.1) is 0 Å². The number of amides is 1. The van der Waals surface area contributed by atoms with E-state index < -0.39 is 16.1 Å². The van der Waals surface area contributed by atoms with Crippen molar-refractivity contribution in [2.24, 2.45) is 0 Å². The number of H-pyrrole nitrogens is 1. The normalized spacial score (nSPS) is 17.1. The molecule has 164 valence electrons. The molecule has 10 nitrogen and oxygen atoms in total. The summed E-state index contributed by atoms with van der Waals surface area (Å²) in [5.74, 6) is -0.341. The van der Waals surface area contributed by atoms with Crippen molar-refractivity contribution in [2.75, 3.05) is 30.7 Å². The highest BCUT2D eigenvalue weighted by molar-refractivity contribution is 7.92. The van der Waals surface area contributed by atoms with Gasteiger partial charge in [0.25, 0.3) is 11.5 Å².